The molecule has 0 atom stereocenters. The van der Waals surface area contributed by atoms with E-state index in [2.05, 4.69) is 15.6 Å². The number of nitrogens with zero attached hydrogens (tertiary/aromatic N) is 1. The first-order chi connectivity index (χ1) is 20.8. The average molecular weight is 644 g/mol. The number of unbranched alkanes of at least 4 members (excludes halogenated alkanes) is 2. The molecule has 1 aromatic heterocycles. The molecule has 0 aliphatic rings. The van der Waals surface area contributed by atoms with Gasteiger partial charge in [0.05, 0.1) is 9.79 Å². The van der Waals surface area contributed by atoms with Crippen molar-refractivity contribution in [2.75, 3.05) is 10.6 Å². The number of benzene rings is 2. The molecule has 0 aliphatic heterocycles. The quantitative estimate of drug-likeness (QED) is 0.203. The Labute approximate surface area is 256 Å². The first kappa shape index (κ1) is 33.9. The molecule has 0 fully saturated rings. The molecule has 0 bridgehead atoms. The first-order valence-electron chi connectivity index (χ1n) is 13.8. The van der Waals surface area contributed by atoms with Crippen molar-refractivity contribution >= 4 is 55.1 Å². The Morgan fingerprint density at radius 2 is 0.955 bits per heavy atom. The molecule has 0 spiro atoms. The lowest BCUT2D eigenvalue weighted by atomic mass is 10.2. The number of amides is 4. The van der Waals surface area contributed by atoms with Crippen LogP contribution in [0, 0.1) is 0 Å². The zero-order valence-electron chi connectivity index (χ0n) is 24.1. The van der Waals surface area contributed by atoms with Gasteiger partial charge in [-0.2, -0.15) is 0 Å². The SMILES string of the molecule is CCCCC(=O)NS(=O)(=O)c1ccc(NC(=O)c2cccc(C(=O)Nc3ccc(S(=O)(=O)NC(=O)CCCC)cc3)n2)cc1. The summed E-state index contributed by atoms with van der Waals surface area (Å²) in [4.78, 5) is 53.0. The van der Waals surface area contributed by atoms with Gasteiger partial charge in [-0.25, -0.2) is 31.3 Å². The minimum atomic E-state index is -4.06. The van der Waals surface area contributed by atoms with E-state index < -0.39 is 43.7 Å². The van der Waals surface area contributed by atoms with Crippen LogP contribution in [0.25, 0.3) is 0 Å². The third-order valence-corrected chi connectivity index (χ3v) is 8.85. The van der Waals surface area contributed by atoms with Crippen molar-refractivity contribution in [3.8, 4) is 0 Å². The monoisotopic (exact) mass is 643 g/mol. The van der Waals surface area contributed by atoms with Crippen molar-refractivity contribution in [1.82, 2.24) is 14.4 Å². The summed E-state index contributed by atoms with van der Waals surface area (Å²) in [6, 6.07) is 14.5. The summed E-state index contributed by atoms with van der Waals surface area (Å²) in [6.07, 6.45) is 2.78. The van der Waals surface area contributed by atoms with E-state index in [4.69, 9.17) is 0 Å². The number of anilines is 2. The van der Waals surface area contributed by atoms with E-state index in [1.54, 1.807) is 0 Å². The summed E-state index contributed by atoms with van der Waals surface area (Å²) in [5.74, 6) is -2.54. The van der Waals surface area contributed by atoms with Gasteiger partial charge in [0.1, 0.15) is 11.4 Å². The maximum Gasteiger partial charge on any atom is 0.274 e. The van der Waals surface area contributed by atoms with Crippen molar-refractivity contribution in [2.24, 2.45) is 0 Å². The van der Waals surface area contributed by atoms with E-state index in [1.807, 2.05) is 23.3 Å². The fourth-order valence-corrected chi connectivity index (χ4v) is 5.74. The summed E-state index contributed by atoms with van der Waals surface area (Å²) in [6.45, 7) is 3.77. The van der Waals surface area contributed by atoms with Crippen molar-refractivity contribution in [1.29, 1.82) is 0 Å². The summed E-state index contributed by atoms with van der Waals surface area (Å²) in [5, 5.41) is 5.13. The standard InChI is InChI=1S/C29H33N5O8S2/c1-3-5-10-26(35)33-43(39,40)22-16-12-20(13-17-22)30-28(37)24-8-7-9-25(32-24)29(38)31-21-14-18-23(19-15-21)44(41,42)34-27(36)11-6-4-2/h7-9,12-19H,3-6,10-11H2,1-2H3,(H,30,37)(H,31,38)(H,33,35)(H,34,36). The summed E-state index contributed by atoms with van der Waals surface area (Å²) >= 11 is 0. The van der Waals surface area contributed by atoms with Gasteiger partial charge in [-0.3, -0.25) is 19.2 Å². The molecule has 13 nitrogen and oxygen atoms in total. The molecule has 0 saturated carbocycles. The molecule has 4 N–H and O–H groups in total. The highest BCUT2D eigenvalue weighted by molar-refractivity contribution is 7.90. The number of carbonyl (C=O) groups is 4. The van der Waals surface area contributed by atoms with Crippen LogP contribution < -0.4 is 20.1 Å². The second-order valence-electron chi connectivity index (χ2n) is 9.63. The Kier molecular flexibility index (Phi) is 11.7. The largest absolute Gasteiger partial charge is 0.321 e. The zero-order chi connectivity index (χ0) is 32.3. The maximum atomic E-state index is 12.8. The molecule has 15 heteroatoms. The minimum absolute atomic E-state index is 0.0880. The zero-order valence-corrected chi connectivity index (χ0v) is 25.8. The number of hydrogen-bond acceptors (Lipinski definition) is 9. The number of aromatic nitrogens is 1. The van der Waals surface area contributed by atoms with Gasteiger partial charge in [0.15, 0.2) is 0 Å². The molecule has 2 aromatic carbocycles. The van der Waals surface area contributed by atoms with Gasteiger partial charge in [-0.1, -0.05) is 32.8 Å². The van der Waals surface area contributed by atoms with Crippen LogP contribution in [-0.2, 0) is 29.6 Å². The topological polar surface area (TPSA) is 198 Å². The van der Waals surface area contributed by atoms with Gasteiger partial charge in [0, 0.05) is 24.2 Å². The maximum absolute atomic E-state index is 12.8. The second kappa shape index (κ2) is 15.2. The van der Waals surface area contributed by atoms with Gasteiger partial charge in [0.2, 0.25) is 11.8 Å². The smallest absolute Gasteiger partial charge is 0.274 e. The lowest BCUT2D eigenvalue weighted by Crippen LogP contribution is -2.30. The first-order valence-corrected chi connectivity index (χ1v) is 16.7. The molecule has 44 heavy (non-hydrogen) atoms. The van der Waals surface area contributed by atoms with Crippen LogP contribution in [0.1, 0.15) is 73.3 Å². The third-order valence-electron chi connectivity index (χ3n) is 6.07. The van der Waals surface area contributed by atoms with Gasteiger partial charge in [-0.15, -0.1) is 0 Å². The van der Waals surface area contributed by atoms with Crippen molar-refractivity contribution in [3.63, 3.8) is 0 Å². The number of rotatable bonds is 14. The Bertz CT molecular complexity index is 1600. The van der Waals surface area contributed by atoms with E-state index in [0.29, 0.717) is 12.8 Å². The Hall–Kier alpha value is -4.63. The van der Waals surface area contributed by atoms with Crippen LogP contribution in [0.5, 0.6) is 0 Å². The molecule has 0 saturated heterocycles. The average Bonchev–Trinajstić information content (AvgIpc) is 2.99. The van der Waals surface area contributed by atoms with Crippen LogP contribution in [0.4, 0.5) is 11.4 Å². The molecule has 0 radical (unpaired) electrons. The molecule has 4 amide bonds. The lowest BCUT2D eigenvalue weighted by molar-refractivity contribution is -0.120. The highest BCUT2D eigenvalue weighted by Crippen LogP contribution is 2.17. The van der Waals surface area contributed by atoms with Crippen LogP contribution >= 0.6 is 0 Å². The highest BCUT2D eigenvalue weighted by Gasteiger charge is 2.19. The predicted molar refractivity (Wildman–Crippen MR) is 163 cm³/mol. The van der Waals surface area contributed by atoms with Gasteiger partial charge in [0.25, 0.3) is 31.9 Å². The van der Waals surface area contributed by atoms with Crippen molar-refractivity contribution < 1.29 is 36.0 Å². The number of carbonyl (C=O) groups excluding carboxylic acids is 4. The fourth-order valence-electron chi connectivity index (χ4n) is 3.71. The number of sulfonamides is 2. The Morgan fingerprint density at radius 1 is 0.591 bits per heavy atom. The van der Waals surface area contributed by atoms with Crippen molar-refractivity contribution in [3.05, 3.63) is 78.1 Å². The molecule has 0 aliphatic carbocycles. The van der Waals surface area contributed by atoms with Crippen LogP contribution in [0.3, 0.4) is 0 Å². The van der Waals surface area contributed by atoms with E-state index in [1.165, 1.54) is 66.7 Å². The molecule has 1 heterocycles. The fraction of sp³-hybridized carbons (Fsp3) is 0.276. The van der Waals surface area contributed by atoms with E-state index >= 15 is 0 Å². The minimum Gasteiger partial charge on any atom is -0.321 e. The number of hydrogen-bond donors (Lipinski definition) is 4. The molecule has 234 valence electrons. The van der Waals surface area contributed by atoms with Gasteiger partial charge < -0.3 is 10.6 Å². The van der Waals surface area contributed by atoms with E-state index in [-0.39, 0.29) is 45.4 Å². The van der Waals surface area contributed by atoms with E-state index in [9.17, 15) is 36.0 Å². The normalized spacial score (nSPS) is 11.3. The van der Waals surface area contributed by atoms with Gasteiger partial charge in [-0.05, 0) is 73.5 Å². The molecular formula is C29H33N5O8S2. The predicted octanol–water partition coefficient (Wildman–Crippen LogP) is 3.58. The Balaban J connectivity index is 1.62. The Morgan fingerprint density at radius 3 is 1.30 bits per heavy atom. The van der Waals surface area contributed by atoms with Crippen LogP contribution in [0.15, 0.2) is 76.5 Å². The highest BCUT2D eigenvalue weighted by atomic mass is 32.2. The summed E-state index contributed by atoms with van der Waals surface area (Å²) < 4.78 is 53.7. The number of nitrogens with one attached hydrogen (secondary N) is 4. The lowest BCUT2D eigenvalue weighted by Gasteiger charge is -2.10. The second-order valence-corrected chi connectivity index (χ2v) is 13.0. The van der Waals surface area contributed by atoms with E-state index in [0.717, 1.165) is 12.8 Å². The van der Waals surface area contributed by atoms with Gasteiger partial charge >= 0.3 is 0 Å². The molecule has 3 rings (SSSR count). The summed E-state index contributed by atoms with van der Waals surface area (Å²) in [7, 11) is -8.12. The molecular weight excluding hydrogens is 610 g/mol. The third kappa shape index (κ3) is 9.70. The summed E-state index contributed by atoms with van der Waals surface area (Å²) in [5.41, 5.74) is 0.301. The van der Waals surface area contributed by atoms with Crippen molar-refractivity contribution in [2.45, 2.75) is 62.2 Å². The molecule has 3 aromatic rings. The molecule has 0 unspecified atom stereocenters. The van der Waals surface area contributed by atoms with Crippen LogP contribution in [0.2, 0.25) is 0 Å². The van der Waals surface area contributed by atoms with Crippen LogP contribution in [-0.4, -0.2) is 45.4 Å². The number of pyridine rings is 1.